The summed E-state index contributed by atoms with van der Waals surface area (Å²) in [6.07, 6.45) is 6.24. The van der Waals surface area contributed by atoms with E-state index in [0.717, 1.165) is 45.1 Å². The van der Waals surface area contributed by atoms with Crippen LogP contribution in [0.25, 0.3) is 0 Å². The van der Waals surface area contributed by atoms with Crippen molar-refractivity contribution in [1.82, 2.24) is 0 Å². The standard InChI is InChI=1S/C33H52O8/c1-17-7-12-33(38-16-17)18(2)26-24(41-33)14-23-21-6-5-19-13-20(8-10-31(19,3)22(21)9-11-32(23,26)4)39-30-29(37)28(36)27(35)25(15-34)40-30/h5,17-18,20-30,34-37H,6-16H2,1-4H3/t17-,18+,20+,21-,22+,23+,24+,25-,26?,27-,28+,29-,30-,31+,32+,33-/m1/s1. The van der Waals surface area contributed by atoms with Crippen molar-refractivity contribution in [3.63, 3.8) is 0 Å². The number of allylic oxidation sites excluding steroid dienone is 1. The number of fused-ring (bicyclic) bond motifs is 7. The summed E-state index contributed by atoms with van der Waals surface area (Å²) in [5.74, 6) is 3.28. The predicted molar refractivity (Wildman–Crippen MR) is 150 cm³/mol. The third-order valence-electron chi connectivity index (χ3n) is 13.5. The number of ether oxygens (including phenoxy) is 4. The van der Waals surface area contributed by atoms with Crippen LogP contribution in [0.5, 0.6) is 0 Å². The van der Waals surface area contributed by atoms with Crippen LogP contribution in [-0.4, -0.2) is 82.3 Å². The number of hydrogen-bond donors (Lipinski definition) is 4. The second kappa shape index (κ2) is 10.2. The average Bonchev–Trinajstić information content (AvgIpc) is 3.40. The Balaban J connectivity index is 1.05. The summed E-state index contributed by atoms with van der Waals surface area (Å²) in [7, 11) is 0. The SMILES string of the molecule is C[C@@H]1CC[C@@]2(OC1)O[C@H]1C[C@H]3[C@@H]4CC=C5C[C@@H](O[C@@H]6O[C@H](CO)[C@@H](O)[C@H](O)[C@H]6O)CC[C@]5(C)[C@H]4CC[C@]3(C)C1[C@@H]2C. The first-order chi connectivity index (χ1) is 19.5. The first kappa shape index (κ1) is 29.1. The minimum Gasteiger partial charge on any atom is -0.394 e. The molecule has 3 saturated carbocycles. The molecule has 7 rings (SSSR count). The van der Waals surface area contributed by atoms with Crippen molar-refractivity contribution in [2.45, 2.75) is 134 Å². The molecule has 3 saturated heterocycles. The molecule has 0 amide bonds. The van der Waals surface area contributed by atoms with Crippen molar-refractivity contribution >= 4 is 0 Å². The summed E-state index contributed by atoms with van der Waals surface area (Å²) in [6.45, 7) is 10.1. The third-order valence-corrected chi connectivity index (χ3v) is 13.5. The molecule has 0 radical (unpaired) electrons. The second-order valence-corrected chi connectivity index (χ2v) is 15.5. The topological polar surface area (TPSA) is 118 Å². The molecule has 3 heterocycles. The Hall–Kier alpha value is -0.580. The van der Waals surface area contributed by atoms with Crippen molar-refractivity contribution in [2.75, 3.05) is 13.2 Å². The lowest BCUT2D eigenvalue weighted by Crippen LogP contribution is -2.60. The smallest absolute Gasteiger partial charge is 0.186 e. The molecule has 4 N–H and O–H groups in total. The Labute approximate surface area is 244 Å². The molecule has 0 aromatic carbocycles. The van der Waals surface area contributed by atoms with Gasteiger partial charge in [-0.15, -0.1) is 0 Å². The Morgan fingerprint density at radius 3 is 2.51 bits per heavy atom. The molecular formula is C33H52O8. The minimum absolute atomic E-state index is 0.129. The molecule has 232 valence electrons. The maximum atomic E-state index is 10.5. The first-order valence-corrected chi connectivity index (χ1v) is 16.5. The van der Waals surface area contributed by atoms with Crippen molar-refractivity contribution in [1.29, 1.82) is 0 Å². The fourth-order valence-corrected chi connectivity index (χ4v) is 11.1. The van der Waals surface area contributed by atoms with Gasteiger partial charge in [0, 0.05) is 12.3 Å². The summed E-state index contributed by atoms with van der Waals surface area (Å²) in [4.78, 5) is 0. The van der Waals surface area contributed by atoms with E-state index < -0.39 is 37.3 Å². The van der Waals surface area contributed by atoms with E-state index in [1.165, 1.54) is 24.8 Å². The lowest BCUT2D eigenvalue weighted by Gasteiger charge is -2.58. The average molecular weight is 577 g/mol. The van der Waals surface area contributed by atoms with E-state index in [-0.39, 0.29) is 17.3 Å². The normalized spacial score (nSPS) is 58.3. The lowest BCUT2D eigenvalue weighted by molar-refractivity contribution is -0.313. The molecule has 6 fully saturated rings. The fraction of sp³-hybridized carbons (Fsp3) is 0.939. The van der Waals surface area contributed by atoms with Gasteiger partial charge < -0.3 is 39.4 Å². The van der Waals surface area contributed by atoms with Gasteiger partial charge in [-0.05, 0) is 91.8 Å². The number of hydrogen-bond acceptors (Lipinski definition) is 8. The lowest BCUT2D eigenvalue weighted by atomic mass is 9.47. The summed E-state index contributed by atoms with van der Waals surface area (Å²) in [5.41, 5.74) is 1.91. The number of rotatable bonds is 3. The van der Waals surface area contributed by atoms with Crippen LogP contribution in [0.4, 0.5) is 0 Å². The number of aliphatic hydroxyl groups is 4. The van der Waals surface area contributed by atoms with Crippen LogP contribution in [0.15, 0.2) is 11.6 Å². The highest BCUT2D eigenvalue weighted by molar-refractivity contribution is 5.26. The largest absolute Gasteiger partial charge is 0.394 e. The van der Waals surface area contributed by atoms with Crippen LogP contribution in [-0.2, 0) is 18.9 Å². The number of aliphatic hydroxyl groups excluding tert-OH is 4. The van der Waals surface area contributed by atoms with Gasteiger partial charge in [-0.25, -0.2) is 0 Å². The molecular weight excluding hydrogens is 524 g/mol. The van der Waals surface area contributed by atoms with Crippen LogP contribution < -0.4 is 0 Å². The highest BCUT2D eigenvalue weighted by Gasteiger charge is 2.68. The summed E-state index contributed by atoms with van der Waals surface area (Å²) >= 11 is 0. The van der Waals surface area contributed by atoms with Gasteiger partial charge in [-0.2, -0.15) is 0 Å². The van der Waals surface area contributed by atoms with E-state index in [4.69, 9.17) is 18.9 Å². The van der Waals surface area contributed by atoms with Gasteiger partial charge >= 0.3 is 0 Å². The van der Waals surface area contributed by atoms with Gasteiger partial charge in [-0.1, -0.05) is 39.3 Å². The molecule has 7 aliphatic rings. The third kappa shape index (κ3) is 4.29. The van der Waals surface area contributed by atoms with Crippen LogP contribution >= 0.6 is 0 Å². The van der Waals surface area contributed by atoms with Crippen molar-refractivity contribution in [3.05, 3.63) is 11.6 Å². The molecule has 41 heavy (non-hydrogen) atoms. The molecule has 3 aliphatic heterocycles. The van der Waals surface area contributed by atoms with Crippen LogP contribution in [0.2, 0.25) is 0 Å². The van der Waals surface area contributed by atoms with E-state index in [2.05, 4.69) is 33.8 Å². The van der Waals surface area contributed by atoms with Crippen LogP contribution in [0, 0.1) is 46.3 Å². The van der Waals surface area contributed by atoms with E-state index in [1.54, 1.807) is 0 Å². The molecule has 8 heteroatoms. The predicted octanol–water partition coefficient (Wildman–Crippen LogP) is 3.54. The van der Waals surface area contributed by atoms with E-state index >= 15 is 0 Å². The van der Waals surface area contributed by atoms with E-state index in [9.17, 15) is 20.4 Å². The van der Waals surface area contributed by atoms with Crippen LogP contribution in [0.3, 0.4) is 0 Å². The Kier molecular flexibility index (Phi) is 7.27. The fourth-order valence-electron chi connectivity index (χ4n) is 11.1. The van der Waals surface area contributed by atoms with Gasteiger partial charge in [0.25, 0.3) is 0 Å². The summed E-state index contributed by atoms with van der Waals surface area (Å²) < 4.78 is 25.3. The molecule has 4 aliphatic carbocycles. The highest BCUT2D eigenvalue weighted by Crippen LogP contribution is 2.70. The van der Waals surface area contributed by atoms with Gasteiger partial charge in [0.1, 0.15) is 24.4 Å². The summed E-state index contributed by atoms with van der Waals surface area (Å²) in [6, 6.07) is 0. The van der Waals surface area contributed by atoms with Gasteiger partial charge in [-0.3, -0.25) is 0 Å². The summed E-state index contributed by atoms with van der Waals surface area (Å²) in [5, 5.41) is 40.4. The van der Waals surface area contributed by atoms with Crippen molar-refractivity contribution < 1.29 is 39.4 Å². The quantitative estimate of drug-likeness (QED) is 0.377. The Morgan fingerprint density at radius 2 is 1.78 bits per heavy atom. The maximum absolute atomic E-state index is 10.5. The van der Waals surface area contributed by atoms with Gasteiger partial charge in [0.2, 0.25) is 0 Å². The Bertz CT molecular complexity index is 1020. The molecule has 0 aromatic rings. The Morgan fingerprint density at radius 1 is 0.976 bits per heavy atom. The molecule has 0 aromatic heterocycles. The van der Waals surface area contributed by atoms with Gasteiger partial charge in [0.05, 0.1) is 25.4 Å². The molecule has 0 bridgehead atoms. The zero-order valence-electron chi connectivity index (χ0n) is 25.3. The second-order valence-electron chi connectivity index (χ2n) is 15.5. The zero-order chi connectivity index (χ0) is 28.9. The molecule has 8 nitrogen and oxygen atoms in total. The molecule has 1 unspecified atom stereocenters. The van der Waals surface area contributed by atoms with E-state index in [0.29, 0.717) is 47.0 Å². The highest BCUT2D eigenvalue weighted by atomic mass is 16.7. The van der Waals surface area contributed by atoms with Crippen molar-refractivity contribution in [2.24, 2.45) is 46.3 Å². The minimum atomic E-state index is -1.41. The van der Waals surface area contributed by atoms with E-state index in [1.807, 2.05) is 0 Å². The van der Waals surface area contributed by atoms with Crippen LogP contribution in [0.1, 0.15) is 85.5 Å². The van der Waals surface area contributed by atoms with Crippen molar-refractivity contribution in [3.8, 4) is 0 Å². The monoisotopic (exact) mass is 576 g/mol. The van der Waals surface area contributed by atoms with Gasteiger partial charge in [0.15, 0.2) is 12.1 Å². The molecule has 16 atom stereocenters. The zero-order valence-corrected chi connectivity index (χ0v) is 25.3. The first-order valence-electron chi connectivity index (χ1n) is 16.5. The molecule has 1 spiro atoms. The maximum Gasteiger partial charge on any atom is 0.186 e.